The van der Waals surface area contributed by atoms with E-state index in [1.807, 2.05) is 30.3 Å². The second-order valence-electron chi connectivity index (χ2n) is 8.06. The van der Waals surface area contributed by atoms with Gasteiger partial charge in [-0.15, -0.1) is 0 Å². The largest absolute Gasteiger partial charge is 0.454 e. The van der Waals surface area contributed by atoms with Gasteiger partial charge in [0, 0.05) is 6.54 Å². The second kappa shape index (κ2) is 7.61. The molecule has 2 heterocycles. The Balaban J connectivity index is 1.29. The highest BCUT2D eigenvalue weighted by molar-refractivity contribution is 6.09. The Bertz CT molecular complexity index is 1070. The van der Waals surface area contributed by atoms with Gasteiger partial charge in [0.1, 0.15) is 12.1 Å². The molecule has 8 nitrogen and oxygen atoms in total. The summed E-state index contributed by atoms with van der Waals surface area (Å²) in [5.41, 5.74) is 1.67. The molecule has 0 radical (unpaired) electrons. The van der Waals surface area contributed by atoms with E-state index < -0.39 is 17.5 Å². The fourth-order valence-electron chi connectivity index (χ4n) is 4.57. The van der Waals surface area contributed by atoms with Gasteiger partial charge in [0.15, 0.2) is 11.5 Å². The normalized spacial score (nSPS) is 21.6. The molecule has 8 heteroatoms. The van der Waals surface area contributed by atoms with Crippen LogP contribution >= 0.6 is 0 Å². The van der Waals surface area contributed by atoms with Gasteiger partial charge in [0.2, 0.25) is 12.7 Å². The van der Waals surface area contributed by atoms with E-state index in [4.69, 9.17) is 9.47 Å². The van der Waals surface area contributed by atoms with Gasteiger partial charge in [-0.05, 0) is 54.5 Å². The zero-order valence-electron chi connectivity index (χ0n) is 17.0. The third-order valence-electron chi connectivity index (χ3n) is 6.13. The van der Waals surface area contributed by atoms with Crippen LogP contribution < -0.4 is 20.1 Å². The highest BCUT2D eigenvalue weighted by atomic mass is 16.7. The van der Waals surface area contributed by atoms with Crippen molar-refractivity contribution in [3.8, 4) is 11.5 Å². The number of urea groups is 1. The Morgan fingerprint density at radius 2 is 1.94 bits per heavy atom. The Kier molecular flexibility index (Phi) is 4.77. The van der Waals surface area contributed by atoms with E-state index in [0.29, 0.717) is 17.9 Å². The van der Waals surface area contributed by atoms with Crippen molar-refractivity contribution in [3.05, 3.63) is 59.2 Å². The molecule has 2 aliphatic heterocycles. The summed E-state index contributed by atoms with van der Waals surface area (Å²) < 4.78 is 10.6. The zero-order valence-corrected chi connectivity index (χ0v) is 17.0. The van der Waals surface area contributed by atoms with Gasteiger partial charge in [-0.3, -0.25) is 14.5 Å². The van der Waals surface area contributed by atoms with E-state index in [2.05, 4.69) is 10.6 Å². The number of amides is 4. The summed E-state index contributed by atoms with van der Waals surface area (Å²) >= 11 is 0. The first kappa shape index (κ1) is 19.4. The molecular formula is C23H23N3O5. The van der Waals surface area contributed by atoms with Crippen LogP contribution in [0.5, 0.6) is 11.5 Å². The van der Waals surface area contributed by atoms with Crippen molar-refractivity contribution in [2.75, 3.05) is 13.3 Å². The summed E-state index contributed by atoms with van der Waals surface area (Å²) in [4.78, 5) is 39.6. The number of hydrogen-bond donors (Lipinski definition) is 2. The van der Waals surface area contributed by atoms with Crippen LogP contribution in [-0.4, -0.2) is 36.1 Å². The number of nitrogens with one attached hydrogen (secondary N) is 2. The molecule has 1 fully saturated rings. The zero-order chi connectivity index (χ0) is 21.4. The van der Waals surface area contributed by atoms with Crippen molar-refractivity contribution in [1.29, 1.82) is 0 Å². The first-order valence-corrected chi connectivity index (χ1v) is 10.4. The minimum absolute atomic E-state index is 0.183. The van der Waals surface area contributed by atoms with E-state index in [-0.39, 0.29) is 25.8 Å². The highest BCUT2D eigenvalue weighted by Crippen LogP contribution is 2.39. The first-order chi connectivity index (χ1) is 15.1. The number of hydrogen-bond acceptors (Lipinski definition) is 5. The Morgan fingerprint density at radius 1 is 1.10 bits per heavy atom. The molecule has 160 valence electrons. The van der Waals surface area contributed by atoms with Gasteiger partial charge >= 0.3 is 6.03 Å². The van der Waals surface area contributed by atoms with E-state index in [0.717, 1.165) is 40.9 Å². The molecule has 1 aliphatic carbocycles. The van der Waals surface area contributed by atoms with Crippen molar-refractivity contribution in [2.45, 2.75) is 37.8 Å². The quantitative estimate of drug-likeness (QED) is 0.738. The molecule has 2 aromatic carbocycles. The monoisotopic (exact) mass is 421 g/mol. The molecule has 1 atom stereocenters. The van der Waals surface area contributed by atoms with Crippen molar-refractivity contribution in [2.24, 2.45) is 0 Å². The molecule has 2 aromatic rings. The van der Waals surface area contributed by atoms with Gasteiger partial charge in [-0.25, -0.2) is 4.79 Å². The summed E-state index contributed by atoms with van der Waals surface area (Å²) in [5, 5.41) is 5.67. The van der Waals surface area contributed by atoms with E-state index in [9.17, 15) is 14.4 Å². The van der Waals surface area contributed by atoms with Crippen LogP contribution in [-0.2, 0) is 28.1 Å². The summed E-state index contributed by atoms with van der Waals surface area (Å²) in [6.45, 7) is 0.119. The lowest BCUT2D eigenvalue weighted by molar-refractivity contribution is -0.135. The van der Waals surface area contributed by atoms with Crippen molar-refractivity contribution in [1.82, 2.24) is 15.5 Å². The number of ether oxygens (including phenoxy) is 2. The van der Waals surface area contributed by atoms with E-state index >= 15 is 0 Å². The molecule has 0 unspecified atom stereocenters. The fourth-order valence-corrected chi connectivity index (χ4v) is 4.57. The predicted molar refractivity (Wildman–Crippen MR) is 110 cm³/mol. The predicted octanol–water partition coefficient (Wildman–Crippen LogP) is 2.21. The van der Waals surface area contributed by atoms with Crippen molar-refractivity contribution < 1.29 is 23.9 Å². The Morgan fingerprint density at radius 3 is 2.84 bits per heavy atom. The standard InChI is InChI=1S/C23H23N3O5/c27-20(24-12-15-8-9-18-19(11-15)31-14-30-18)13-26-21(28)23(25-22(26)29)10-4-3-6-16-5-1-2-7-17(16)23/h1-2,5,7-9,11H,3-4,6,10,12-14H2,(H,24,27)(H,25,29)/t23-/m0/s1. The Hall–Kier alpha value is -3.55. The van der Waals surface area contributed by atoms with Crippen LogP contribution in [0.4, 0.5) is 4.79 Å². The molecule has 0 bridgehead atoms. The second-order valence-corrected chi connectivity index (χ2v) is 8.06. The van der Waals surface area contributed by atoms with E-state index in [1.54, 1.807) is 12.1 Å². The van der Waals surface area contributed by atoms with Crippen molar-refractivity contribution >= 4 is 17.8 Å². The molecule has 4 amide bonds. The minimum Gasteiger partial charge on any atom is -0.454 e. The van der Waals surface area contributed by atoms with Crippen LogP contribution in [0.3, 0.4) is 0 Å². The average Bonchev–Trinajstić information content (AvgIpc) is 3.27. The molecule has 0 saturated carbocycles. The van der Waals surface area contributed by atoms with Gasteiger partial charge < -0.3 is 20.1 Å². The van der Waals surface area contributed by atoms with Crippen LogP contribution in [0.25, 0.3) is 0 Å². The Labute approximate surface area is 179 Å². The smallest absolute Gasteiger partial charge is 0.325 e. The minimum atomic E-state index is -1.08. The van der Waals surface area contributed by atoms with Crippen LogP contribution in [0.1, 0.15) is 36.0 Å². The molecular weight excluding hydrogens is 398 g/mol. The van der Waals surface area contributed by atoms with Crippen molar-refractivity contribution in [3.63, 3.8) is 0 Å². The van der Waals surface area contributed by atoms with Gasteiger partial charge in [0.25, 0.3) is 5.91 Å². The maximum atomic E-state index is 13.4. The SMILES string of the molecule is O=C(CN1C(=O)N[C@]2(CCCCc3ccccc32)C1=O)NCc1ccc2c(c1)OCO2. The number of nitrogens with zero attached hydrogens (tertiary/aromatic N) is 1. The maximum absolute atomic E-state index is 13.4. The summed E-state index contributed by atoms with van der Waals surface area (Å²) in [6.07, 6.45) is 3.18. The number of aryl methyl sites for hydroxylation is 1. The number of fused-ring (bicyclic) bond motifs is 3. The van der Waals surface area contributed by atoms with Crippen LogP contribution in [0.2, 0.25) is 0 Å². The molecule has 5 rings (SSSR count). The summed E-state index contributed by atoms with van der Waals surface area (Å²) in [6, 6.07) is 12.6. The number of imide groups is 1. The third kappa shape index (κ3) is 3.37. The highest BCUT2D eigenvalue weighted by Gasteiger charge is 2.53. The molecule has 1 spiro atoms. The van der Waals surface area contributed by atoms with Crippen LogP contribution in [0, 0.1) is 0 Å². The molecule has 2 N–H and O–H groups in total. The summed E-state index contributed by atoms with van der Waals surface area (Å²) in [7, 11) is 0. The molecule has 1 saturated heterocycles. The van der Waals surface area contributed by atoms with Gasteiger partial charge in [0.05, 0.1) is 0 Å². The number of benzene rings is 2. The lowest BCUT2D eigenvalue weighted by atomic mass is 9.84. The van der Waals surface area contributed by atoms with Gasteiger partial charge in [-0.1, -0.05) is 30.3 Å². The average molecular weight is 421 g/mol. The first-order valence-electron chi connectivity index (χ1n) is 10.4. The third-order valence-corrected chi connectivity index (χ3v) is 6.13. The number of rotatable bonds is 4. The van der Waals surface area contributed by atoms with Gasteiger partial charge in [-0.2, -0.15) is 0 Å². The summed E-state index contributed by atoms with van der Waals surface area (Å²) in [5.74, 6) is 0.545. The molecule has 31 heavy (non-hydrogen) atoms. The fraction of sp³-hybridized carbons (Fsp3) is 0.348. The maximum Gasteiger partial charge on any atom is 0.325 e. The number of carbonyl (C=O) groups excluding carboxylic acids is 3. The molecule has 0 aromatic heterocycles. The van der Waals surface area contributed by atoms with Crippen LogP contribution in [0.15, 0.2) is 42.5 Å². The lowest BCUT2D eigenvalue weighted by Crippen LogP contribution is -2.45. The van der Waals surface area contributed by atoms with E-state index in [1.165, 1.54) is 0 Å². The molecule has 3 aliphatic rings. The topological polar surface area (TPSA) is 97.0 Å². The lowest BCUT2D eigenvalue weighted by Gasteiger charge is -2.27. The number of carbonyl (C=O) groups is 3.